The van der Waals surface area contributed by atoms with Crippen LogP contribution in [0.5, 0.6) is 11.5 Å². The van der Waals surface area contributed by atoms with E-state index in [1.807, 2.05) is 25.1 Å². The van der Waals surface area contributed by atoms with Gasteiger partial charge in [-0.05, 0) is 19.3 Å². The molecular weight excluding hydrogens is 320 g/mol. The number of benzene rings is 1. The Kier molecular flexibility index (Phi) is 7.18. The van der Waals surface area contributed by atoms with Gasteiger partial charge in [-0.15, -0.1) is 0 Å². The van der Waals surface area contributed by atoms with Crippen LogP contribution >= 0.6 is 0 Å². The first-order valence-electron chi connectivity index (χ1n) is 8.59. The molecule has 0 radical (unpaired) electrons. The van der Waals surface area contributed by atoms with Gasteiger partial charge in [-0.1, -0.05) is 0 Å². The van der Waals surface area contributed by atoms with E-state index in [0.29, 0.717) is 18.5 Å². The van der Waals surface area contributed by atoms with Crippen LogP contribution in [0.1, 0.15) is 13.3 Å². The van der Waals surface area contributed by atoms with Gasteiger partial charge >= 0.3 is 0 Å². The Bertz CT molecular complexity index is 557. The zero-order valence-corrected chi connectivity index (χ0v) is 15.6. The number of nitrogens with one attached hydrogen (secondary N) is 1. The van der Waals surface area contributed by atoms with E-state index >= 15 is 0 Å². The number of ether oxygens (including phenoxy) is 3. The molecule has 1 fully saturated rings. The number of hydrogen-bond donors (Lipinski definition) is 2. The van der Waals surface area contributed by atoms with Crippen molar-refractivity contribution in [2.75, 3.05) is 52.5 Å². The second kappa shape index (κ2) is 9.36. The summed E-state index contributed by atoms with van der Waals surface area (Å²) < 4.78 is 15.8. The number of aliphatic imine (C=N–C) groups is 1. The molecular formula is C18H30N4O3. The van der Waals surface area contributed by atoms with Crippen molar-refractivity contribution in [1.82, 2.24) is 5.32 Å². The van der Waals surface area contributed by atoms with Crippen molar-refractivity contribution >= 4 is 11.6 Å². The molecule has 2 atom stereocenters. The number of nitrogens with zero attached hydrogens (tertiary/aromatic N) is 2. The summed E-state index contributed by atoms with van der Waals surface area (Å²) in [5.41, 5.74) is 7.05. The molecule has 0 saturated carbocycles. The average Bonchev–Trinajstić information content (AvgIpc) is 3.08. The molecule has 2 unspecified atom stereocenters. The Morgan fingerprint density at radius 2 is 1.96 bits per heavy atom. The first-order chi connectivity index (χ1) is 12.0. The van der Waals surface area contributed by atoms with Gasteiger partial charge in [-0.3, -0.25) is 4.99 Å². The zero-order chi connectivity index (χ0) is 18.2. The van der Waals surface area contributed by atoms with Gasteiger partial charge in [-0.25, -0.2) is 0 Å². The highest BCUT2D eigenvalue weighted by Crippen LogP contribution is 2.31. The third-order valence-electron chi connectivity index (χ3n) is 4.32. The molecule has 0 spiro atoms. The molecule has 1 heterocycles. The Hall–Kier alpha value is -2.15. The van der Waals surface area contributed by atoms with Crippen LogP contribution in [0.2, 0.25) is 0 Å². The molecule has 0 aromatic heterocycles. The van der Waals surface area contributed by atoms with Crippen LogP contribution in [0.25, 0.3) is 0 Å². The van der Waals surface area contributed by atoms with Crippen LogP contribution in [0.4, 0.5) is 5.69 Å². The summed E-state index contributed by atoms with van der Waals surface area (Å²) in [6.07, 6.45) is 1.09. The Morgan fingerprint density at radius 3 is 2.56 bits per heavy atom. The van der Waals surface area contributed by atoms with Crippen molar-refractivity contribution in [3.63, 3.8) is 0 Å². The smallest absolute Gasteiger partial charge is 0.188 e. The van der Waals surface area contributed by atoms with Crippen molar-refractivity contribution in [2.24, 2.45) is 16.6 Å². The lowest BCUT2D eigenvalue weighted by Crippen LogP contribution is -2.41. The van der Waals surface area contributed by atoms with Gasteiger partial charge in [0.05, 0.1) is 20.8 Å². The summed E-state index contributed by atoms with van der Waals surface area (Å²) >= 11 is 0. The molecule has 25 heavy (non-hydrogen) atoms. The molecule has 1 saturated heterocycles. The van der Waals surface area contributed by atoms with Crippen LogP contribution in [-0.4, -0.2) is 59.6 Å². The lowest BCUT2D eigenvalue weighted by molar-refractivity contribution is 0.179. The quantitative estimate of drug-likeness (QED) is 0.546. The summed E-state index contributed by atoms with van der Waals surface area (Å²) in [4.78, 5) is 6.81. The van der Waals surface area contributed by atoms with E-state index in [0.717, 1.165) is 43.2 Å². The Balaban J connectivity index is 1.91. The minimum absolute atomic E-state index is 0.151. The minimum Gasteiger partial charge on any atom is -0.497 e. The monoisotopic (exact) mass is 350 g/mol. The summed E-state index contributed by atoms with van der Waals surface area (Å²) in [6.45, 7) is 5.27. The largest absolute Gasteiger partial charge is 0.497 e. The first kappa shape index (κ1) is 19.2. The predicted octanol–water partition coefficient (Wildman–Crippen LogP) is 1.47. The van der Waals surface area contributed by atoms with E-state index in [4.69, 9.17) is 19.9 Å². The third kappa shape index (κ3) is 5.70. The van der Waals surface area contributed by atoms with Crippen molar-refractivity contribution in [3.8, 4) is 11.5 Å². The topological polar surface area (TPSA) is 81.3 Å². The van der Waals surface area contributed by atoms with Crippen LogP contribution in [0, 0.1) is 5.92 Å². The third-order valence-corrected chi connectivity index (χ3v) is 4.32. The fourth-order valence-corrected chi connectivity index (χ4v) is 3.01. The maximum Gasteiger partial charge on any atom is 0.188 e. The van der Waals surface area contributed by atoms with Gasteiger partial charge in [-0.2, -0.15) is 0 Å². The molecule has 7 heteroatoms. The molecule has 1 aromatic rings. The molecule has 140 valence electrons. The SMILES string of the molecule is COCC(C)NC(N)=NCC1CCN(c2cc(OC)cc(OC)c2)C1. The van der Waals surface area contributed by atoms with Gasteiger partial charge < -0.3 is 30.2 Å². The Labute approximate surface area is 150 Å². The first-order valence-corrected chi connectivity index (χ1v) is 8.59. The number of guanidine groups is 1. The van der Waals surface area contributed by atoms with Gasteiger partial charge in [0.25, 0.3) is 0 Å². The highest BCUT2D eigenvalue weighted by molar-refractivity contribution is 5.78. The zero-order valence-electron chi connectivity index (χ0n) is 15.6. The minimum atomic E-state index is 0.151. The average molecular weight is 350 g/mol. The van der Waals surface area contributed by atoms with Crippen LogP contribution in [-0.2, 0) is 4.74 Å². The normalized spacial score (nSPS) is 19.0. The second-order valence-corrected chi connectivity index (χ2v) is 6.40. The molecule has 0 aliphatic carbocycles. The van der Waals surface area contributed by atoms with E-state index in [1.54, 1.807) is 21.3 Å². The number of hydrogen-bond acceptors (Lipinski definition) is 5. The predicted molar refractivity (Wildman–Crippen MR) is 101 cm³/mol. The van der Waals surface area contributed by atoms with E-state index < -0.39 is 0 Å². The number of anilines is 1. The van der Waals surface area contributed by atoms with Gasteiger partial charge in [0.2, 0.25) is 0 Å². The maximum atomic E-state index is 5.94. The maximum absolute atomic E-state index is 5.94. The molecule has 1 aliphatic heterocycles. The number of methoxy groups -OCH3 is 3. The molecule has 0 bridgehead atoms. The second-order valence-electron chi connectivity index (χ2n) is 6.40. The molecule has 3 N–H and O–H groups in total. The van der Waals surface area contributed by atoms with Crippen molar-refractivity contribution in [1.29, 1.82) is 0 Å². The van der Waals surface area contributed by atoms with Crippen LogP contribution in [0.3, 0.4) is 0 Å². The molecule has 1 aromatic carbocycles. The number of rotatable bonds is 8. The Morgan fingerprint density at radius 1 is 1.28 bits per heavy atom. The van der Waals surface area contributed by atoms with E-state index in [-0.39, 0.29) is 6.04 Å². The van der Waals surface area contributed by atoms with Gasteiger partial charge in [0.15, 0.2) is 5.96 Å². The molecule has 1 aliphatic rings. The highest BCUT2D eigenvalue weighted by Gasteiger charge is 2.23. The lowest BCUT2D eigenvalue weighted by Gasteiger charge is -2.20. The summed E-state index contributed by atoms with van der Waals surface area (Å²) in [5, 5.41) is 3.13. The fourth-order valence-electron chi connectivity index (χ4n) is 3.01. The van der Waals surface area contributed by atoms with E-state index in [2.05, 4.69) is 15.2 Å². The summed E-state index contributed by atoms with van der Waals surface area (Å²) in [7, 11) is 5.01. The lowest BCUT2D eigenvalue weighted by atomic mass is 10.1. The highest BCUT2D eigenvalue weighted by atomic mass is 16.5. The fraction of sp³-hybridized carbons (Fsp3) is 0.611. The molecule has 2 rings (SSSR count). The van der Waals surface area contributed by atoms with Gasteiger partial charge in [0, 0.05) is 56.7 Å². The van der Waals surface area contributed by atoms with Crippen molar-refractivity contribution in [3.05, 3.63) is 18.2 Å². The molecule has 7 nitrogen and oxygen atoms in total. The van der Waals surface area contributed by atoms with Crippen LogP contribution < -0.4 is 25.4 Å². The standard InChI is InChI=1S/C18H30N4O3/c1-13(12-23-2)21-18(19)20-10-14-5-6-22(11-14)15-7-16(24-3)9-17(8-15)25-4/h7-9,13-14H,5-6,10-12H2,1-4H3,(H3,19,20,21). The van der Waals surface area contributed by atoms with E-state index in [9.17, 15) is 0 Å². The van der Waals surface area contributed by atoms with E-state index in [1.165, 1.54) is 0 Å². The number of nitrogens with two attached hydrogens (primary N) is 1. The van der Waals surface area contributed by atoms with Gasteiger partial charge in [0.1, 0.15) is 11.5 Å². The summed E-state index contributed by atoms with van der Waals surface area (Å²) in [6, 6.07) is 6.11. The summed E-state index contributed by atoms with van der Waals surface area (Å²) in [5.74, 6) is 2.56. The van der Waals surface area contributed by atoms with Crippen LogP contribution in [0.15, 0.2) is 23.2 Å². The van der Waals surface area contributed by atoms with Crippen molar-refractivity contribution in [2.45, 2.75) is 19.4 Å². The molecule has 0 amide bonds. The van der Waals surface area contributed by atoms with Crippen molar-refractivity contribution < 1.29 is 14.2 Å².